The van der Waals surface area contributed by atoms with Gasteiger partial charge in [-0.05, 0) is 41.9 Å². The first-order chi connectivity index (χ1) is 16.4. The van der Waals surface area contributed by atoms with Gasteiger partial charge in [0.05, 0.1) is 18.2 Å². The summed E-state index contributed by atoms with van der Waals surface area (Å²) in [4.78, 5) is 5.76. The molecular weight excluding hydrogens is 436 g/mol. The average Bonchev–Trinajstić information content (AvgIpc) is 3.32. The molecule has 0 aliphatic rings. The van der Waals surface area contributed by atoms with Gasteiger partial charge in [0.1, 0.15) is 29.9 Å². The maximum atomic E-state index is 14.6. The van der Waals surface area contributed by atoms with Gasteiger partial charge in [-0.3, -0.25) is 4.90 Å². The van der Waals surface area contributed by atoms with Crippen molar-refractivity contribution >= 4 is 0 Å². The highest BCUT2D eigenvalue weighted by Gasteiger charge is 2.34. The second-order valence-electron chi connectivity index (χ2n) is 8.31. The van der Waals surface area contributed by atoms with Gasteiger partial charge in [0.25, 0.3) is 0 Å². The van der Waals surface area contributed by atoms with Gasteiger partial charge in [0.2, 0.25) is 0 Å². The first-order valence-corrected chi connectivity index (χ1v) is 10.6. The van der Waals surface area contributed by atoms with Crippen molar-refractivity contribution in [2.45, 2.75) is 18.7 Å². The highest BCUT2D eigenvalue weighted by atomic mass is 19.1. The van der Waals surface area contributed by atoms with E-state index in [4.69, 9.17) is 5.26 Å². The zero-order chi connectivity index (χ0) is 24.1. The first-order valence-electron chi connectivity index (χ1n) is 10.6. The van der Waals surface area contributed by atoms with Crippen LogP contribution in [0.5, 0.6) is 0 Å². The van der Waals surface area contributed by atoms with Crippen LogP contribution in [-0.2, 0) is 18.7 Å². The second-order valence-corrected chi connectivity index (χ2v) is 8.31. The van der Waals surface area contributed by atoms with Crippen LogP contribution >= 0.6 is 0 Å². The highest BCUT2D eigenvalue weighted by Crippen LogP contribution is 2.28. The second kappa shape index (κ2) is 9.91. The van der Waals surface area contributed by atoms with E-state index >= 15 is 0 Å². The molecule has 0 saturated heterocycles. The molecule has 34 heavy (non-hydrogen) atoms. The number of likely N-dealkylation sites (N-methyl/N-ethyl adjacent to an activating group) is 1. The molecule has 0 spiro atoms. The number of hydrogen-bond donors (Lipinski definition) is 1. The van der Waals surface area contributed by atoms with Crippen LogP contribution in [0, 0.1) is 23.0 Å². The van der Waals surface area contributed by atoms with Crippen LogP contribution < -0.4 is 0 Å². The lowest BCUT2D eigenvalue weighted by Crippen LogP contribution is -2.43. The minimum Gasteiger partial charge on any atom is -0.382 e. The summed E-state index contributed by atoms with van der Waals surface area (Å²) in [7, 11) is 1.82. The lowest BCUT2D eigenvalue weighted by Gasteiger charge is -2.33. The number of aromatic nitrogens is 3. The van der Waals surface area contributed by atoms with Crippen LogP contribution in [0.2, 0.25) is 0 Å². The van der Waals surface area contributed by atoms with Crippen molar-refractivity contribution in [3.8, 4) is 17.2 Å². The van der Waals surface area contributed by atoms with Crippen LogP contribution in [0.4, 0.5) is 8.78 Å². The van der Waals surface area contributed by atoms with E-state index in [1.165, 1.54) is 23.4 Å². The van der Waals surface area contributed by atoms with Crippen molar-refractivity contribution in [1.29, 1.82) is 5.26 Å². The number of hydrogen-bond acceptors (Lipinski definition) is 5. The van der Waals surface area contributed by atoms with Gasteiger partial charge in [-0.2, -0.15) is 10.4 Å². The number of benzene rings is 3. The Morgan fingerprint density at radius 1 is 1.03 bits per heavy atom. The summed E-state index contributed by atoms with van der Waals surface area (Å²) in [5, 5.41) is 24.5. The van der Waals surface area contributed by atoms with Crippen LogP contribution in [0.1, 0.15) is 16.7 Å². The van der Waals surface area contributed by atoms with Crippen molar-refractivity contribution in [3.05, 3.63) is 108 Å². The Morgan fingerprint density at radius 2 is 1.71 bits per heavy atom. The number of halogens is 2. The molecule has 6 nitrogen and oxygen atoms in total. The quantitative estimate of drug-likeness (QED) is 0.429. The Kier molecular flexibility index (Phi) is 6.77. The van der Waals surface area contributed by atoms with E-state index in [1.54, 1.807) is 12.1 Å². The van der Waals surface area contributed by atoms with Gasteiger partial charge in [0.15, 0.2) is 0 Å². The van der Waals surface area contributed by atoms with Gasteiger partial charge < -0.3 is 5.11 Å². The Hall–Kier alpha value is -3.93. The molecule has 0 radical (unpaired) electrons. The summed E-state index contributed by atoms with van der Waals surface area (Å²) in [6, 6.07) is 20.6. The van der Waals surface area contributed by atoms with Crippen molar-refractivity contribution < 1.29 is 13.9 Å². The van der Waals surface area contributed by atoms with E-state index in [1.807, 2.05) is 48.3 Å². The van der Waals surface area contributed by atoms with Crippen molar-refractivity contribution in [3.63, 3.8) is 0 Å². The largest absolute Gasteiger partial charge is 0.382 e. The van der Waals surface area contributed by atoms with E-state index in [0.29, 0.717) is 12.1 Å². The minimum absolute atomic E-state index is 0.00702. The summed E-state index contributed by atoms with van der Waals surface area (Å²) in [6.07, 6.45) is 2.77. The van der Waals surface area contributed by atoms with Crippen LogP contribution in [0.15, 0.2) is 79.4 Å². The van der Waals surface area contributed by atoms with Crippen LogP contribution in [-0.4, -0.2) is 38.4 Å². The van der Waals surface area contributed by atoms with E-state index in [9.17, 15) is 13.9 Å². The third-order valence-electron chi connectivity index (χ3n) is 5.61. The summed E-state index contributed by atoms with van der Waals surface area (Å²) in [5.41, 5.74) is 1.97. The summed E-state index contributed by atoms with van der Waals surface area (Å²) in [6.45, 7) is 0.528. The fourth-order valence-corrected chi connectivity index (χ4v) is 4.02. The maximum absolute atomic E-state index is 14.6. The predicted molar refractivity (Wildman–Crippen MR) is 123 cm³/mol. The standard InChI is InChI=1S/C26H23F2N5O/c1-32(14-20-4-8-22(9-5-20)21-6-2-19(13-29)3-7-21)15-26(34,16-33-18-30-17-31-33)24-11-10-23(27)12-25(24)28/h2-12,17-18,34H,14-16H2,1H3. The Labute approximate surface area is 196 Å². The van der Waals surface area contributed by atoms with Gasteiger partial charge in [0, 0.05) is 24.7 Å². The van der Waals surface area contributed by atoms with E-state index in [-0.39, 0.29) is 18.7 Å². The zero-order valence-corrected chi connectivity index (χ0v) is 18.6. The van der Waals surface area contributed by atoms with E-state index in [2.05, 4.69) is 16.2 Å². The summed E-state index contributed by atoms with van der Waals surface area (Å²) in [5.74, 6) is -1.53. The molecule has 1 atom stereocenters. The molecule has 0 aliphatic heterocycles. The number of nitrogens with zero attached hydrogens (tertiary/aromatic N) is 5. The molecule has 1 unspecified atom stereocenters. The maximum Gasteiger partial charge on any atom is 0.137 e. The number of rotatable bonds is 8. The topological polar surface area (TPSA) is 78.0 Å². The molecule has 4 aromatic rings. The molecule has 3 aromatic carbocycles. The Morgan fingerprint density at radius 3 is 2.29 bits per heavy atom. The zero-order valence-electron chi connectivity index (χ0n) is 18.6. The SMILES string of the molecule is CN(Cc1ccc(-c2ccc(C#N)cc2)cc1)CC(O)(Cn1cncn1)c1ccc(F)cc1F. The fraction of sp³-hybridized carbons (Fsp3) is 0.192. The molecule has 0 aliphatic carbocycles. The molecule has 8 heteroatoms. The predicted octanol–water partition coefficient (Wildman–Crippen LogP) is 4.11. The van der Waals surface area contributed by atoms with Crippen molar-refractivity contribution in [2.75, 3.05) is 13.6 Å². The van der Waals surface area contributed by atoms with E-state index in [0.717, 1.165) is 28.8 Å². The molecule has 4 rings (SSSR count). The van der Waals surface area contributed by atoms with E-state index < -0.39 is 17.2 Å². The molecule has 1 N–H and O–H groups in total. The monoisotopic (exact) mass is 459 g/mol. The fourth-order valence-electron chi connectivity index (χ4n) is 4.02. The number of aliphatic hydroxyl groups is 1. The molecule has 1 heterocycles. The highest BCUT2D eigenvalue weighted by molar-refractivity contribution is 5.64. The smallest absolute Gasteiger partial charge is 0.137 e. The summed E-state index contributed by atoms with van der Waals surface area (Å²) < 4.78 is 29.5. The van der Waals surface area contributed by atoms with Gasteiger partial charge in [-0.15, -0.1) is 0 Å². The molecule has 0 saturated carbocycles. The number of nitriles is 1. The lowest BCUT2D eigenvalue weighted by atomic mass is 9.92. The molecule has 0 amide bonds. The minimum atomic E-state index is -1.66. The Balaban J connectivity index is 1.51. The molecule has 0 fully saturated rings. The van der Waals surface area contributed by atoms with Crippen molar-refractivity contribution in [1.82, 2.24) is 19.7 Å². The third-order valence-corrected chi connectivity index (χ3v) is 5.61. The van der Waals surface area contributed by atoms with Crippen molar-refractivity contribution in [2.24, 2.45) is 0 Å². The average molecular weight is 460 g/mol. The van der Waals surface area contributed by atoms with Gasteiger partial charge >= 0.3 is 0 Å². The summed E-state index contributed by atoms with van der Waals surface area (Å²) >= 11 is 0. The molecule has 172 valence electrons. The van der Waals surface area contributed by atoms with Crippen LogP contribution in [0.3, 0.4) is 0 Å². The van der Waals surface area contributed by atoms with Crippen LogP contribution in [0.25, 0.3) is 11.1 Å². The Bertz CT molecular complexity index is 1280. The first kappa shape index (κ1) is 23.2. The van der Waals surface area contributed by atoms with Gasteiger partial charge in [-0.25, -0.2) is 18.4 Å². The lowest BCUT2D eigenvalue weighted by molar-refractivity contribution is -0.0175. The van der Waals surface area contributed by atoms with Gasteiger partial charge in [-0.1, -0.05) is 42.5 Å². The normalized spacial score (nSPS) is 12.9. The molecule has 0 bridgehead atoms. The third kappa shape index (κ3) is 5.34. The molecular formula is C26H23F2N5O. The molecule has 1 aromatic heterocycles.